The van der Waals surface area contributed by atoms with Crippen LogP contribution in [-0.4, -0.2) is 60.0 Å². The lowest BCUT2D eigenvalue weighted by Gasteiger charge is -2.43. The monoisotopic (exact) mass is 528 g/mol. The van der Waals surface area contributed by atoms with E-state index < -0.39 is 23.6 Å². The van der Waals surface area contributed by atoms with Crippen LogP contribution < -0.4 is 10.5 Å². The molecule has 1 saturated heterocycles. The molecule has 0 unspecified atom stereocenters. The number of nitrogens with two attached hydrogens (primary N) is 1. The maximum absolute atomic E-state index is 16.1. The molecule has 0 radical (unpaired) electrons. The first-order chi connectivity index (χ1) is 18.2. The van der Waals surface area contributed by atoms with Crippen molar-refractivity contribution in [3.8, 4) is 11.5 Å². The number of likely N-dealkylation sites (tertiary alicyclic amines) is 1. The van der Waals surface area contributed by atoms with Crippen LogP contribution in [0.3, 0.4) is 0 Å². The number of hydrogen-bond donors (Lipinski definition) is 3. The molecule has 2 fully saturated rings. The second kappa shape index (κ2) is 12.6. The van der Waals surface area contributed by atoms with E-state index in [-0.39, 0.29) is 29.1 Å². The van der Waals surface area contributed by atoms with E-state index in [0.29, 0.717) is 64.0 Å². The van der Waals surface area contributed by atoms with Gasteiger partial charge in [-0.05, 0) is 69.6 Å². The number of piperidine rings is 1. The minimum absolute atomic E-state index is 0.0412. The van der Waals surface area contributed by atoms with E-state index in [1.165, 1.54) is 0 Å². The van der Waals surface area contributed by atoms with Gasteiger partial charge in [0.25, 0.3) is 0 Å². The number of carbonyl (C=O) groups is 1. The van der Waals surface area contributed by atoms with E-state index in [1.807, 2.05) is 25.1 Å². The highest BCUT2D eigenvalue weighted by Crippen LogP contribution is 2.43. The van der Waals surface area contributed by atoms with Crippen molar-refractivity contribution in [2.75, 3.05) is 26.8 Å². The lowest BCUT2D eigenvalue weighted by Crippen LogP contribution is -2.49. The standard InChI is InChI=1S/C30H41FN2O5/c1-20-9-3-4-12-26(20)38-27-13-7-11-23(28(27)31)30(36,14-5-6-16-37-2)22-10-8-15-33(19-22)29(35)21-17-24(32)25(34)18-21/h3-4,7,9,11-13,21-22,24-25,34,36H,5-6,8,10,14-19,32H2,1-2H3/t21-,22+,24+,25-,30-/m0/s1. The largest absolute Gasteiger partial charge is 0.454 e. The first-order valence-corrected chi connectivity index (χ1v) is 13.7. The molecule has 2 aromatic carbocycles. The first-order valence-electron chi connectivity index (χ1n) is 13.7. The summed E-state index contributed by atoms with van der Waals surface area (Å²) in [7, 11) is 1.63. The fraction of sp³-hybridized carbons (Fsp3) is 0.567. The summed E-state index contributed by atoms with van der Waals surface area (Å²) < 4.78 is 27.2. The Labute approximate surface area is 224 Å². The van der Waals surface area contributed by atoms with Crippen molar-refractivity contribution in [2.45, 2.75) is 69.6 Å². The van der Waals surface area contributed by atoms with E-state index in [4.69, 9.17) is 15.2 Å². The Balaban J connectivity index is 1.61. The zero-order valence-electron chi connectivity index (χ0n) is 22.4. The maximum atomic E-state index is 16.1. The average molecular weight is 529 g/mol. The molecule has 2 aliphatic rings. The number of methoxy groups -OCH3 is 1. The normalized spacial score (nSPS) is 25.3. The number of amides is 1. The Kier molecular flexibility index (Phi) is 9.41. The number of halogens is 1. The predicted molar refractivity (Wildman–Crippen MR) is 143 cm³/mol. The van der Waals surface area contributed by atoms with Crippen LogP contribution in [0.2, 0.25) is 0 Å². The van der Waals surface area contributed by atoms with Gasteiger partial charge in [0.15, 0.2) is 11.6 Å². The molecular formula is C30H41FN2O5. The second-order valence-corrected chi connectivity index (χ2v) is 10.9. The van der Waals surface area contributed by atoms with E-state index in [9.17, 15) is 15.0 Å². The fourth-order valence-electron chi connectivity index (χ4n) is 5.99. The van der Waals surface area contributed by atoms with Gasteiger partial charge in [0.05, 0.1) is 11.7 Å². The third kappa shape index (κ3) is 6.20. The number of para-hydroxylation sites is 1. The van der Waals surface area contributed by atoms with E-state index >= 15 is 4.39 Å². The molecule has 1 heterocycles. The molecule has 4 N–H and O–H groups in total. The van der Waals surface area contributed by atoms with E-state index in [1.54, 1.807) is 36.3 Å². The highest BCUT2D eigenvalue weighted by atomic mass is 19.1. The molecule has 7 nitrogen and oxygen atoms in total. The third-order valence-corrected chi connectivity index (χ3v) is 8.23. The summed E-state index contributed by atoms with van der Waals surface area (Å²) in [5, 5.41) is 22.3. The molecular weight excluding hydrogens is 487 g/mol. The van der Waals surface area contributed by atoms with Crippen LogP contribution in [0.15, 0.2) is 42.5 Å². The van der Waals surface area contributed by atoms with Crippen molar-refractivity contribution in [3.63, 3.8) is 0 Å². The van der Waals surface area contributed by atoms with Crippen molar-refractivity contribution >= 4 is 5.91 Å². The summed E-state index contributed by atoms with van der Waals surface area (Å²) in [6, 6.07) is 11.9. The topological polar surface area (TPSA) is 105 Å². The lowest BCUT2D eigenvalue weighted by atomic mass is 9.73. The number of unbranched alkanes of at least 4 members (excludes halogenated alkanes) is 1. The van der Waals surface area contributed by atoms with Crippen LogP contribution in [0.1, 0.15) is 56.1 Å². The Hall–Kier alpha value is -2.52. The Bertz CT molecular complexity index is 1090. The maximum Gasteiger partial charge on any atom is 0.225 e. The smallest absolute Gasteiger partial charge is 0.225 e. The van der Waals surface area contributed by atoms with Gasteiger partial charge in [-0.2, -0.15) is 0 Å². The van der Waals surface area contributed by atoms with Crippen LogP contribution in [0.25, 0.3) is 0 Å². The number of aliphatic hydroxyl groups is 2. The molecule has 38 heavy (non-hydrogen) atoms. The number of aliphatic hydroxyl groups excluding tert-OH is 1. The van der Waals surface area contributed by atoms with Crippen molar-refractivity contribution in [3.05, 3.63) is 59.4 Å². The number of benzene rings is 2. The van der Waals surface area contributed by atoms with Gasteiger partial charge < -0.3 is 30.3 Å². The second-order valence-electron chi connectivity index (χ2n) is 10.9. The SMILES string of the molecule is COCCCC[C@@](O)(c1cccc(Oc2ccccc2C)c1F)[C@@H]1CCCN(C(=O)[C@H]2C[C@@H](N)[C@@H](O)C2)C1. The molecule has 1 aliphatic heterocycles. The molecule has 0 bridgehead atoms. The summed E-state index contributed by atoms with van der Waals surface area (Å²) in [6.07, 6.45) is 3.21. The quantitative estimate of drug-likeness (QED) is 0.398. The molecule has 5 atom stereocenters. The van der Waals surface area contributed by atoms with Crippen LogP contribution in [0.5, 0.6) is 11.5 Å². The average Bonchev–Trinajstić information content (AvgIpc) is 3.26. The van der Waals surface area contributed by atoms with Crippen LogP contribution in [-0.2, 0) is 15.1 Å². The number of carbonyl (C=O) groups excluding carboxylic acids is 1. The molecule has 1 amide bonds. The molecule has 0 aromatic heterocycles. The van der Waals surface area contributed by atoms with E-state index in [2.05, 4.69) is 0 Å². The molecule has 1 aliphatic carbocycles. The first kappa shape index (κ1) is 28.5. The van der Waals surface area contributed by atoms with Crippen LogP contribution in [0.4, 0.5) is 4.39 Å². The Morgan fingerprint density at radius 2 is 1.92 bits per heavy atom. The highest BCUT2D eigenvalue weighted by molar-refractivity contribution is 5.79. The third-order valence-electron chi connectivity index (χ3n) is 8.23. The summed E-state index contributed by atoms with van der Waals surface area (Å²) in [5.74, 6) is -0.690. The van der Waals surface area contributed by atoms with Gasteiger partial charge in [0.2, 0.25) is 5.91 Å². The minimum Gasteiger partial charge on any atom is -0.454 e. The molecule has 2 aromatic rings. The minimum atomic E-state index is -1.49. The van der Waals surface area contributed by atoms with Crippen LogP contribution in [0, 0.1) is 24.6 Å². The van der Waals surface area contributed by atoms with Crippen molar-refractivity contribution < 1.29 is 28.9 Å². The van der Waals surface area contributed by atoms with Gasteiger partial charge in [-0.1, -0.05) is 30.3 Å². The Morgan fingerprint density at radius 3 is 2.63 bits per heavy atom. The molecule has 8 heteroatoms. The van der Waals surface area contributed by atoms with Crippen molar-refractivity contribution in [2.24, 2.45) is 17.6 Å². The van der Waals surface area contributed by atoms with Crippen LogP contribution >= 0.6 is 0 Å². The van der Waals surface area contributed by atoms with E-state index in [0.717, 1.165) is 12.0 Å². The number of aryl methyl sites for hydroxylation is 1. The van der Waals surface area contributed by atoms with Gasteiger partial charge in [0, 0.05) is 50.2 Å². The zero-order valence-corrected chi connectivity index (χ0v) is 22.4. The summed E-state index contributed by atoms with van der Waals surface area (Å²) in [4.78, 5) is 15.1. The molecule has 208 valence electrons. The van der Waals surface area contributed by atoms with Gasteiger partial charge >= 0.3 is 0 Å². The fourth-order valence-corrected chi connectivity index (χ4v) is 5.99. The predicted octanol–water partition coefficient (Wildman–Crippen LogP) is 4.27. The number of ether oxygens (including phenoxy) is 2. The zero-order chi connectivity index (χ0) is 27.3. The van der Waals surface area contributed by atoms with Gasteiger partial charge in [-0.25, -0.2) is 4.39 Å². The van der Waals surface area contributed by atoms with Crippen molar-refractivity contribution in [1.29, 1.82) is 0 Å². The summed E-state index contributed by atoms with van der Waals surface area (Å²) in [5.41, 5.74) is 5.54. The van der Waals surface area contributed by atoms with Gasteiger partial charge in [-0.15, -0.1) is 0 Å². The lowest BCUT2D eigenvalue weighted by molar-refractivity contribution is -0.141. The highest BCUT2D eigenvalue weighted by Gasteiger charge is 2.45. The summed E-state index contributed by atoms with van der Waals surface area (Å²) in [6.45, 7) is 3.35. The number of hydrogen-bond acceptors (Lipinski definition) is 6. The summed E-state index contributed by atoms with van der Waals surface area (Å²) >= 11 is 0. The van der Waals surface area contributed by atoms with Gasteiger partial charge in [0.1, 0.15) is 5.75 Å². The Morgan fingerprint density at radius 1 is 1.16 bits per heavy atom. The number of rotatable bonds is 10. The van der Waals surface area contributed by atoms with Crippen molar-refractivity contribution in [1.82, 2.24) is 4.90 Å². The van der Waals surface area contributed by atoms with Gasteiger partial charge in [-0.3, -0.25) is 4.79 Å². The molecule has 0 spiro atoms. The number of nitrogens with zero attached hydrogens (tertiary/aromatic N) is 1. The molecule has 4 rings (SSSR count). The molecule has 1 saturated carbocycles.